The molecule has 0 aliphatic heterocycles. The van der Waals surface area contributed by atoms with E-state index in [-0.39, 0.29) is 5.97 Å². The van der Waals surface area contributed by atoms with E-state index in [0.717, 1.165) is 0 Å². The first kappa shape index (κ1) is 11.7. The van der Waals surface area contributed by atoms with Crippen molar-refractivity contribution in [1.29, 1.82) is 0 Å². The SMILES string of the molecule is CCOc1ccccc1OC(=O)c1cccs1. The Morgan fingerprint density at radius 2 is 1.94 bits per heavy atom. The zero-order valence-electron chi connectivity index (χ0n) is 9.38. The molecule has 0 bridgehead atoms. The van der Waals surface area contributed by atoms with Gasteiger partial charge in [-0.3, -0.25) is 0 Å². The first-order chi connectivity index (χ1) is 8.31. The summed E-state index contributed by atoms with van der Waals surface area (Å²) in [6.07, 6.45) is 0. The molecule has 0 spiro atoms. The highest BCUT2D eigenvalue weighted by atomic mass is 32.1. The van der Waals surface area contributed by atoms with Crippen LogP contribution in [0.25, 0.3) is 0 Å². The molecule has 0 radical (unpaired) electrons. The number of rotatable bonds is 4. The van der Waals surface area contributed by atoms with E-state index in [1.807, 2.05) is 24.4 Å². The van der Waals surface area contributed by atoms with Crippen molar-refractivity contribution in [3.63, 3.8) is 0 Å². The Morgan fingerprint density at radius 3 is 2.59 bits per heavy atom. The maximum absolute atomic E-state index is 11.8. The van der Waals surface area contributed by atoms with Gasteiger partial charge in [0.15, 0.2) is 11.5 Å². The quantitative estimate of drug-likeness (QED) is 0.614. The van der Waals surface area contributed by atoms with Gasteiger partial charge in [-0.15, -0.1) is 11.3 Å². The number of para-hydroxylation sites is 2. The second kappa shape index (κ2) is 5.50. The van der Waals surface area contributed by atoms with Crippen LogP contribution in [0, 0.1) is 0 Å². The number of carbonyl (C=O) groups is 1. The van der Waals surface area contributed by atoms with E-state index in [9.17, 15) is 4.79 Å². The number of esters is 1. The standard InChI is InChI=1S/C13H12O3S/c1-2-15-10-6-3-4-7-11(10)16-13(14)12-8-5-9-17-12/h3-9H,2H2,1H3. The Kier molecular flexibility index (Phi) is 3.77. The fourth-order valence-electron chi connectivity index (χ4n) is 1.35. The van der Waals surface area contributed by atoms with Crippen molar-refractivity contribution in [3.05, 3.63) is 46.7 Å². The van der Waals surface area contributed by atoms with Gasteiger partial charge < -0.3 is 9.47 Å². The lowest BCUT2D eigenvalue weighted by Gasteiger charge is -2.09. The zero-order valence-corrected chi connectivity index (χ0v) is 10.2. The third-order valence-corrected chi connectivity index (χ3v) is 2.92. The lowest BCUT2D eigenvalue weighted by Crippen LogP contribution is -2.07. The number of benzene rings is 1. The molecule has 2 aromatic rings. The second-order valence-corrected chi connectivity index (χ2v) is 4.19. The van der Waals surface area contributed by atoms with E-state index in [1.165, 1.54) is 11.3 Å². The first-order valence-corrected chi connectivity index (χ1v) is 6.16. The van der Waals surface area contributed by atoms with Crippen LogP contribution in [0.15, 0.2) is 41.8 Å². The summed E-state index contributed by atoms with van der Waals surface area (Å²) in [5.74, 6) is 0.680. The van der Waals surface area contributed by atoms with Gasteiger partial charge in [0.25, 0.3) is 0 Å². The second-order valence-electron chi connectivity index (χ2n) is 3.25. The van der Waals surface area contributed by atoms with E-state index in [1.54, 1.807) is 24.3 Å². The minimum Gasteiger partial charge on any atom is -0.490 e. The predicted molar refractivity (Wildman–Crippen MR) is 66.9 cm³/mol. The molecule has 4 heteroatoms. The smallest absolute Gasteiger partial charge is 0.353 e. The third-order valence-electron chi connectivity index (χ3n) is 2.07. The van der Waals surface area contributed by atoms with Crippen LogP contribution in [0.1, 0.15) is 16.6 Å². The van der Waals surface area contributed by atoms with E-state index < -0.39 is 0 Å². The maximum atomic E-state index is 11.8. The predicted octanol–water partition coefficient (Wildman–Crippen LogP) is 3.37. The highest BCUT2D eigenvalue weighted by Gasteiger charge is 2.12. The largest absolute Gasteiger partial charge is 0.490 e. The minimum atomic E-state index is -0.354. The van der Waals surface area contributed by atoms with Gasteiger partial charge >= 0.3 is 5.97 Å². The van der Waals surface area contributed by atoms with Gasteiger partial charge in [-0.2, -0.15) is 0 Å². The normalized spacial score (nSPS) is 9.94. The van der Waals surface area contributed by atoms with E-state index >= 15 is 0 Å². The Hall–Kier alpha value is -1.81. The molecule has 1 aromatic carbocycles. The topological polar surface area (TPSA) is 35.5 Å². The summed E-state index contributed by atoms with van der Waals surface area (Å²) in [4.78, 5) is 12.3. The Balaban J connectivity index is 2.15. The molecule has 0 aliphatic rings. The zero-order chi connectivity index (χ0) is 12.1. The molecule has 2 rings (SSSR count). The third kappa shape index (κ3) is 2.85. The summed E-state index contributed by atoms with van der Waals surface area (Å²) < 4.78 is 10.7. The molecule has 3 nitrogen and oxygen atoms in total. The molecule has 0 atom stereocenters. The molecule has 1 heterocycles. The number of thiophene rings is 1. The molecule has 88 valence electrons. The molecule has 0 N–H and O–H groups in total. The van der Waals surface area contributed by atoms with Crippen LogP contribution in [-0.2, 0) is 0 Å². The summed E-state index contributed by atoms with van der Waals surface area (Å²) >= 11 is 1.35. The number of ether oxygens (including phenoxy) is 2. The average molecular weight is 248 g/mol. The molecule has 0 aliphatic carbocycles. The molecule has 0 amide bonds. The summed E-state index contributed by atoms with van der Waals surface area (Å²) in [5.41, 5.74) is 0. The van der Waals surface area contributed by atoms with Crippen molar-refractivity contribution in [2.24, 2.45) is 0 Å². The maximum Gasteiger partial charge on any atom is 0.353 e. The van der Waals surface area contributed by atoms with Crippen molar-refractivity contribution in [2.75, 3.05) is 6.61 Å². The first-order valence-electron chi connectivity index (χ1n) is 5.28. The molecule has 0 saturated carbocycles. The van der Waals surface area contributed by atoms with E-state index in [0.29, 0.717) is 23.0 Å². The number of hydrogen-bond acceptors (Lipinski definition) is 4. The molecule has 0 saturated heterocycles. The fraction of sp³-hybridized carbons (Fsp3) is 0.154. The fourth-order valence-corrected chi connectivity index (χ4v) is 1.95. The van der Waals surface area contributed by atoms with Crippen molar-refractivity contribution in [3.8, 4) is 11.5 Å². The highest BCUT2D eigenvalue weighted by Crippen LogP contribution is 2.27. The van der Waals surface area contributed by atoms with Crippen LogP contribution >= 0.6 is 11.3 Å². The lowest BCUT2D eigenvalue weighted by atomic mass is 10.3. The van der Waals surface area contributed by atoms with E-state index in [2.05, 4.69) is 0 Å². The van der Waals surface area contributed by atoms with Gasteiger partial charge in [-0.1, -0.05) is 18.2 Å². The Morgan fingerprint density at radius 1 is 1.18 bits per heavy atom. The summed E-state index contributed by atoms with van der Waals surface area (Å²) in [6, 6.07) is 10.7. The van der Waals surface area contributed by atoms with Crippen molar-refractivity contribution in [2.45, 2.75) is 6.92 Å². The van der Waals surface area contributed by atoms with Crippen molar-refractivity contribution < 1.29 is 14.3 Å². The van der Waals surface area contributed by atoms with Crippen LogP contribution in [0.2, 0.25) is 0 Å². The highest BCUT2D eigenvalue weighted by molar-refractivity contribution is 7.12. The van der Waals surface area contributed by atoms with Crippen LogP contribution in [-0.4, -0.2) is 12.6 Å². The molecule has 0 unspecified atom stereocenters. The number of hydrogen-bond donors (Lipinski definition) is 0. The van der Waals surface area contributed by atoms with Gasteiger partial charge in [-0.25, -0.2) is 4.79 Å². The summed E-state index contributed by atoms with van der Waals surface area (Å²) in [6.45, 7) is 2.42. The van der Waals surface area contributed by atoms with E-state index in [4.69, 9.17) is 9.47 Å². The van der Waals surface area contributed by atoms with Crippen LogP contribution < -0.4 is 9.47 Å². The van der Waals surface area contributed by atoms with Gasteiger partial charge in [0.2, 0.25) is 0 Å². The molecule has 1 aromatic heterocycles. The minimum absolute atomic E-state index is 0.354. The van der Waals surface area contributed by atoms with Gasteiger partial charge in [0, 0.05) is 0 Å². The summed E-state index contributed by atoms with van der Waals surface area (Å²) in [7, 11) is 0. The van der Waals surface area contributed by atoms with Crippen LogP contribution in [0.4, 0.5) is 0 Å². The molecule has 17 heavy (non-hydrogen) atoms. The van der Waals surface area contributed by atoms with Gasteiger partial charge in [0.05, 0.1) is 6.61 Å². The molecular formula is C13H12O3S. The van der Waals surface area contributed by atoms with Crippen LogP contribution in [0.3, 0.4) is 0 Å². The average Bonchev–Trinajstić information content (AvgIpc) is 2.85. The number of carbonyl (C=O) groups excluding carboxylic acids is 1. The van der Waals surface area contributed by atoms with Crippen LogP contribution in [0.5, 0.6) is 11.5 Å². The molecule has 0 fully saturated rings. The van der Waals surface area contributed by atoms with Gasteiger partial charge in [-0.05, 0) is 30.5 Å². The molecular weight excluding hydrogens is 236 g/mol. The van der Waals surface area contributed by atoms with Gasteiger partial charge in [0.1, 0.15) is 4.88 Å². The van der Waals surface area contributed by atoms with Crippen molar-refractivity contribution in [1.82, 2.24) is 0 Å². The Bertz CT molecular complexity index is 491. The summed E-state index contributed by atoms with van der Waals surface area (Å²) in [5, 5.41) is 1.84. The monoisotopic (exact) mass is 248 g/mol. The van der Waals surface area contributed by atoms with Crippen molar-refractivity contribution >= 4 is 17.3 Å². The lowest BCUT2D eigenvalue weighted by molar-refractivity contribution is 0.0733. The Labute approximate surface area is 104 Å².